The van der Waals surface area contributed by atoms with Gasteiger partial charge in [-0.3, -0.25) is 4.84 Å². The highest BCUT2D eigenvalue weighted by atomic mass is 16.8. The summed E-state index contributed by atoms with van der Waals surface area (Å²) in [7, 11) is 0. The minimum atomic E-state index is -0.452. The summed E-state index contributed by atoms with van der Waals surface area (Å²) in [6, 6.07) is 10.7. The Morgan fingerprint density at radius 1 is 1.16 bits per heavy atom. The maximum absolute atomic E-state index is 6.05. The molecule has 4 atom stereocenters. The summed E-state index contributed by atoms with van der Waals surface area (Å²) in [5.41, 5.74) is 1.24. The molecule has 3 aliphatic rings. The van der Waals surface area contributed by atoms with E-state index in [1.54, 1.807) is 0 Å². The van der Waals surface area contributed by atoms with Gasteiger partial charge >= 0.3 is 0 Å². The highest BCUT2D eigenvalue weighted by molar-refractivity contribution is 5.19. The van der Waals surface area contributed by atoms with Gasteiger partial charge in [0.1, 0.15) is 18.3 Å². The topological polar surface area (TPSA) is 30.9 Å². The summed E-state index contributed by atoms with van der Waals surface area (Å²) in [6.07, 6.45) is 1.42. The molecule has 0 radical (unpaired) electrons. The van der Waals surface area contributed by atoms with Gasteiger partial charge in [0.2, 0.25) is 0 Å². The second-order valence-electron chi connectivity index (χ2n) is 6.05. The number of hydrogen-bond acceptors (Lipinski definition) is 4. The van der Waals surface area contributed by atoms with Gasteiger partial charge < -0.3 is 9.47 Å². The molecule has 3 saturated heterocycles. The van der Waals surface area contributed by atoms with Crippen molar-refractivity contribution in [1.29, 1.82) is 0 Å². The molecular weight excluding hydrogens is 242 g/mol. The molecule has 0 bridgehead atoms. The van der Waals surface area contributed by atoms with Gasteiger partial charge in [-0.25, -0.2) is 0 Å². The Bertz CT molecular complexity index is 476. The van der Waals surface area contributed by atoms with Crippen LogP contribution in [0, 0.1) is 0 Å². The van der Waals surface area contributed by atoms with E-state index in [-0.39, 0.29) is 18.3 Å². The Kier molecular flexibility index (Phi) is 2.51. The molecule has 4 rings (SSSR count). The minimum Gasteiger partial charge on any atom is -0.343 e. The first-order valence-electron chi connectivity index (χ1n) is 6.96. The average Bonchev–Trinajstić information content (AvgIpc) is 2.98. The predicted molar refractivity (Wildman–Crippen MR) is 69.2 cm³/mol. The summed E-state index contributed by atoms with van der Waals surface area (Å²) in [5, 5.41) is 2.06. The largest absolute Gasteiger partial charge is 0.343 e. The van der Waals surface area contributed by atoms with Crippen LogP contribution in [0.2, 0.25) is 0 Å². The Balaban J connectivity index is 1.52. The molecule has 0 saturated carbocycles. The van der Waals surface area contributed by atoms with E-state index < -0.39 is 5.79 Å². The van der Waals surface area contributed by atoms with Gasteiger partial charge in [-0.1, -0.05) is 30.3 Å². The first-order chi connectivity index (χ1) is 9.12. The zero-order valence-electron chi connectivity index (χ0n) is 11.3. The van der Waals surface area contributed by atoms with Crippen molar-refractivity contribution in [2.75, 3.05) is 6.54 Å². The molecule has 4 nitrogen and oxygen atoms in total. The van der Waals surface area contributed by atoms with Crippen molar-refractivity contribution in [3.63, 3.8) is 0 Å². The van der Waals surface area contributed by atoms with E-state index in [9.17, 15) is 0 Å². The second-order valence-corrected chi connectivity index (χ2v) is 6.05. The average molecular weight is 261 g/mol. The fourth-order valence-electron chi connectivity index (χ4n) is 3.47. The summed E-state index contributed by atoms with van der Waals surface area (Å²) >= 11 is 0. The molecule has 3 heterocycles. The van der Waals surface area contributed by atoms with Gasteiger partial charge in [-0.15, -0.1) is 0 Å². The van der Waals surface area contributed by atoms with Crippen LogP contribution in [0.4, 0.5) is 0 Å². The number of rotatable bonds is 1. The van der Waals surface area contributed by atoms with Crippen LogP contribution < -0.4 is 0 Å². The summed E-state index contributed by atoms with van der Waals surface area (Å²) in [6.45, 7) is 4.78. The molecule has 0 spiro atoms. The Hall–Kier alpha value is -0.940. The lowest BCUT2D eigenvalue weighted by molar-refractivity contribution is -0.204. The lowest BCUT2D eigenvalue weighted by atomic mass is 10.00. The lowest BCUT2D eigenvalue weighted by Crippen LogP contribution is -2.33. The first-order valence-corrected chi connectivity index (χ1v) is 6.96. The molecule has 0 unspecified atom stereocenters. The quantitative estimate of drug-likeness (QED) is 0.776. The van der Waals surface area contributed by atoms with E-state index in [2.05, 4.69) is 29.3 Å². The van der Waals surface area contributed by atoms with E-state index in [0.29, 0.717) is 6.04 Å². The number of ether oxygens (including phenoxy) is 2. The molecule has 19 heavy (non-hydrogen) atoms. The molecule has 1 aromatic carbocycles. The van der Waals surface area contributed by atoms with Crippen LogP contribution in [0.5, 0.6) is 0 Å². The van der Waals surface area contributed by atoms with Gasteiger partial charge in [-0.2, -0.15) is 5.06 Å². The normalized spacial score (nSPS) is 40.3. The van der Waals surface area contributed by atoms with Gasteiger partial charge in [0, 0.05) is 6.42 Å². The molecule has 0 aromatic heterocycles. The second kappa shape index (κ2) is 4.03. The molecule has 1 aromatic rings. The highest BCUT2D eigenvalue weighted by Gasteiger charge is 2.56. The third-order valence-corrected chi connectivity index (χ3v) is 4.22. The molecule has 0 N–H and O–H groups in total. The van der Waals surface area contributed by atoms with Gasteiger partial charge in [0.15, 0.2) is 5.79 Å². The number of nitrogens with zero attached hydrogens (tertiary/aromatic N) is 1. The van der Waals surface area contributed by atoms with Gasteiger partial charge in [0.25, 0.3) is 0 Å². The molecular formula is C15H19NO3. The zero-order valence-corrected chi connectivity index (χ0v) is 11.3. The standard InChI is InChI=1S/C15H19NO3/c1-15(2)17-13-9-16-11(14(13)18-15)8-12(19-16)10-6-4-3-5-7-10/h3-7,11-14H,8-9H2,1-2H3/t11-,12-,13+,14-/m0/s1. The van der Waals surface area contributed by atoms with Gasteiger partial charge in [0.05, 0.1) is 12.6 Å². The number of benzene rings is 1. The van der Waals surface area contributed by atoms with Crippen molar-refractivity contribution in [3.05, 3.63) is 35.9 Å². The summed E-state index contributed by atoms with van der Waals surface area (Å²) in [4.78, 5) is 6.05. The fourth-order valence-corrected chi connectivity index (χ4v) is 3.47. The number of hydrogen-bond donors (Lipinski definition) is 0. The van der Waals surface area contributed by atoms with E-state index in [0.717, 1.165) is 13.0 Å². The zero-order chi connectivity index (χ0) is 13.0. The SMILES string of the molecule is CC1(C)O[C@@H]2[C@@H](CN3O[C@H](c4ccccc4)C[C@@H]23)O1. The van der Waals surface area contributed by atoms with Crippen molar-refractivity contribution in [1.82, 2.24) is 5.06 Å². The molecule has 3 fully saturated rings. The minimum absolute atomic E-state index is 0.142. The molecule has 0 amide bonds. The van der Waals surface area contributed by atoms with Crippen LogP contribution in [0.1, 0.15) is 31.9 Å². The van der Waals surface area contributed by atoms with Crippen LogP contribution in [0.3, 0.4) is 0 Å². The van der Waals surface area contributed by atoms with Crippen molar-refractivity contribution in [2.24, 2.45) is 0 Å². The van der Waals surface area contributed by atoms with Crippen LogP contribution in [0.25, 0.3) is 0 Å². The van der Waals surface area contributed by atoms with E-state index in [4.69, 9.17) is 14.3 Å². The van der Waals surface area contributed by atoms with Gasteiger partial charge in [-0.05, 0) is 19.4 Å². The van der Waals surface area contributed by atoms with Crippen molar-refractivity contribution < 1.29 is 14.3 Å². The van der Waals surface area contributed by atoms with Crippen molar-refractivity contribution in [2.45, 2.75) is 50.4 Å². The van der Waals surface area contributed by atoms with Crippen LogP contribution >= 0.6 is 0 Å². The van der Waals surface area contributed by atoms with E-state index in [1.807, 2.05) is 19.9 Å². The van der Waals surface area contributed by atoms with Crippen molar-refractivity contribution >= 4 is 0 Å². The third-order valence-electron chi connectivity index (χ3n) is 4.22. The van der Waals surface area contributed by atoms with Crippen LogP contribution in [-0.2, 0) is 14.3 Å². The first kappa shape index (κ1) is 11.9. The Morgan fingerprint density at radius 2 is 1.95 bits per heavy atom. The molecule has 102 valence electrons. The highest BCUT2D eigenvalue weighted by Crippen LogP contribution is 2.45. The predicted octanol–water partition coefficient (Wildman–Crippen LogP) is 2.27. The third kappa shape index (κ3) is 1.91. The Labute approximate surface area is 113 Å². The molecule has 0 aliphatic carbocycles. The number of hydroxylamine groups is 2. The lowest BCUT2D eigenvalue weighted by Gasteiger charge is -2.22. The Morgan fingerprint density at radius 3 is 2.74 bits per heavy atom. The number of fused-ring (bicyclic) bond motifs is 3. The van der Waals surface area contributed by atoms with E-state index >= 15 is 0 Å². The summed E-state index contributed by atoms with van der Waals surface area (Å²) in [5.74, 6) is -0.452. The maximum Gasteiger partial charge on any atom is 0.163 e. The molecule has 4 heteroatoms. The smallest absolute Gasteiger partial charge is 0.163 e. The monoisotopic (exact) mass is 261 g/mol. The van der Waals surface area contributed by atoms with Crippen molar-refractivity contribution in [3.8, 4) is 0 Å². The molecule has 3 aliphatic heterocycles. The summed E-state index contributed by atoms with van der Waals surface area (Å²) < 4.78 is 11.9. The van der Waals surface area contributed by atoms with Crippen LogP contribution in [-0.4, -0.2) is 35.6 Å². The van der Waals surface area contributed by atoms with E-state index in [1.165, 1.54) is 5.56 Å². The van der Waals surface area contributed by atoms with Crippen LogP contribution in [0.15, 0.2) is 30.3 Å². The fraction of sp³-hybridized carbons (Fsp3) is 0.600. The maximum atomic E-state index is 6.05.